The van der Waals surface area contributed by atoms with Gasteiger partial charge in [0.2, 0.25) is 11.7 Å². The second kappa shape index (κ2) is 7.83. The van der Waals surface area contributed by atoms with Gasteiger partial charge >= 0.3 is 0 Å². The van der Waals surface area contributed by atoms with Crippen LogP contribution in [0.1, 0.15) is 22.2 Å². The van der Waals surface area contributed by atoms with Crippen molar-refractivity contribution in [2.45, 2.75) is 5.92 Å². The maximum absolute atomic E-state index is 12.9. The molecule has 1 aliphatic rings. The number of carbonyl (C=O) groups excluding carboxylic acids is 1. The minimum Gasteiger partial charge on any atom is -0.496 e. The van der Waals surface area contributed by atoms with Crippen LogP contribution in [0.4, 0.5) is 0 Å². The molecule has 3 aromatic rings. The molecule has 8 heteroatoms. The van der Waals surface area contributed by atoms with Gasteiger partial charge in [0.05, 0.1) is 38.4 Å². The van der Waals surface area contributed by atoms with E-state index in [1.807, 2.05) is 24.3 Å². The topological polar surface area (TPSA) is 86.9 Å². The molecule has 1 aliphatic heterocycles. The average molecular weight is 395 g/mol. The average Bonchev–Trinajstić information content (AvgIpc) is 3.21. The van der Waals surface area contributed by atoms with Gasteiger partial charge in [0.25, 0.3) is 5.91 Å². The summed E-state index contributed by atoms with van der Waals surface area (Å²) in [5.41, 5.74) is 1.23. The normalized spacial score (nSPS) is 13.7. The van der Waals surface area contributed by atoms with Crippen LogP contribution >= 0.6 is 0 Å². The van der Waals surface area contributed by atoms with E-state index in [0.717, 1.165) is 5.56 Å². The predicted octanol–water partition coefficient (Wildman–Crippen LogP) is 3.00. The van der Waals surface area contributed by atoms with Crippen LogP contribution in [0.5, 0.6) is 17.2 Å². The summed E-state index contributed by atoms with van der Waals surface area (Å²) in [5.74, 6) is 2.47. The summed E-state index contributed by atoms with van der Waals surface area (Å²) in [6.45, 7) is 0.986. The van der Waals surface area contributed by atoms with Crippen molar-refractivity contribution in [3.8, 4) is 28.6 Å². The van der Waals surface area contributed by atoms with E-state index in [4.69, 9.17) is 18.7 Å². The molecular formula is C21H21N3O5. The monoisotopic (exact) mass is 395 g/mol. The number of hydrogen-bond acceptors (Lipinski definition) is 7. The third-order valence-electron chi connectivity index (χ3n) is 4.94. The van der Waals surface area contributed by atoms with E-state index in [0.29, 0.717) is 47.6 Å². The summed E-state index contributed by atoms with van der Waals surface area (Å²) in [4.78, 5) is 19.1. The minimum absolute atomic E-state index is 0.00786. The van der Waals surface area contributed by atoms with Gasteiger partial charge in [0.1, 0.15) is 5.75 Å². The zero-order valence-electron chi connectivity index (χ0n) is 16.4. The first-order valence-corrected chi connectivity index (χ1v) is 9.13. The van der Waals surface area contributed by atoms with Crippen molar-refractivity contribution in [3.05, 3.63) is 53.9 Å². The smallest absolute Gasteiger partial charge is 0.257 e. The van der Waals surface area contributed by atoms with Crippen LogP contribution in [0.25, 0.3) is 11.4 Å². The zero-order chi connectivity index (χ0) is 20.4. The van der Waals surface area contributed by atoms with Crippen molar-refractivity contribution in [1.82, 2.24) is 15.0 Å². The Morgan fingerprint density at radius 1 is 1.00 bits per heavy atom. The van der Waals surface area contributed by atoms with Crippen molar-refractivity contribution >= 4 is 5.91 Å². The molecule has 1 fully saturated rings. The SMILES string of the molecule is COc1ccccc1-c1noc(C2CN(C(=O)c3cccc(OC)c3OC)C2)n1. The predicted molar refractivity (Wildman–Crippen MR) is 104 cm³/mol. The first-order chi connectivity index (χ1) is 14.2. The summed E-state index contributed by atoms with van der Waals surface area (Å²) in [7, 11) is 4.66. The largest absolute Gasteiger partial charge is 0.496 e. The van der Waals surface area contributed by atoms with Gasteiger partial charge in [-0.05, 0) is 24.3 Å². The van der Waals surface area contributed by atoms with Crippen LogP contribution in [0, 0.1) is 0 Å². The molecule has 1 amide bonds. The second-order valence-corrected chi connectivity index (χ2v) is 6.60. The van der Waals surface area contributed by atoms with Crippen molar-refractivity contribution in [2.24, 2.45) is 0 Å². The molecule has 0 bridgehead atoms. The van der Waals surface area contributed by atoms with Crippen LogP contribution in [-0.4, -0.2) is 55.4 Å². The number of nitrogens with zero attached hydrogens (tertiary/aromatic N) is 3. The third kappa shape index (κ3) is 3.37. The number of methoxy groups -OCH3 is 3. The summed E-state index contributed by atoms with van der Waals surface area (Å²) < 4.78 is 21.4. The molecule has 1 saturated heterocycles. The van der Waals surface area contributed by atoms with E-state index in [9.17, 15) is 4.79 Å². The molecule has 29 heavy (non-hydrogen) atoms. The maximum Gasteiger partial charge on any atom is 0.257 e. The number of rotatable bonds is 6. The quantitative estimate of drug-likeness (QED) is 0.634. The molecule has 8 nitrogen and oxygen atoms in total. The zero-order valence-corrected chi connectivity index (χ0v) is 16.4. The van der Waals surface area contributed by atoms with Crippen LogP contribution in [0.15, 0.2) is 47.0 Å². The van der Waals surface area contributed by atoms with Crippen LogP contribution in [0.3, 0.4) is 0 Å². The molecule has 0 N–H and O–H groups in total. The Morgan fingerprint density at radius 2 is 1.72 bits per heavy atom. The molecule has 0 radical (unpaired) electrons. The van der Waals surface area contributed by atoms with Crippen molar-refractivity contribution in [1.29, 1.82) is 0 Å². The second-order valence-electron chi connectivity index (χ2n) is 6.60. The highest BCUT2D eigenvalue weighted by molar-refractivity contribution is 5.98. The summed E-state index contributed by atoms with van der Waals surface area (Å²) in [6.07, 6.45) is 0. The highest BCUT2D eigenvalue weighted by atomic mass is 16.5. The summed E-state index contributed by atoms with van der Waals surface area (Å²) in [5, 5.41) is 4.07. The third-order valence-corrected chi connectivity index (χ3v) is 4.94. The first-order valence-electron chi connectivity index (χ1n) is 9.13. The number of ether oxygens (including phenoxy) is 3. The van der Waals surface area contributed by atoms with Gasteiger partial charge in [-0.1, -0.05) is 23.4 Å². The maximum atomic E-state index is 12.9. The number of benzene rings is 2. The fourth-order valence-electron chi connectivity index (χ4n) is 3.37. The van der Waals surface area contributed by atoms with E-state index >= 15 is 0 Å². The van der Waals surface area contributed by atoms with Gasteiger partial charge < -0.3 is 23.6 Å². The summed E-state index contributed by atoms with van der Waals surface area (Å²) in [6, 6.07) is 12.7. The highest BCUT2D eigenvalue weighted by Gasteiger charge is 2.37. The van der Waals surface area contributed by atoms with E-state index in [1.165, 1.54) is 7.11 Å². The molecule has 4 rings (SSSR count). The number of amides is 1. The lowest BCUT2D eigenvalue weighted by Gasteiger charge is -2.37. The van der Waals surface area contributed by atoms with Crippen LogP contribution in [0.2, 0.25) is 0 Å². The fraction of sp³-hybridized carbons (Fsp3) is 0.286. The van der Waals surface area contributed by atoms with Crippen molar-refractivity contribution in [3.63, 3.8) is 0 Å². The Bertz CT molecular complexity index is 1030. The first kappa shape index (κ1) is 18.8. The van der Waals surface area contributed by atoms with E-state index < -0.39 is 0 Å². The van der Waals surface area contributed by atoms with Gasteiger partial charge in [-0.2, -0.15) is 4.98 Å². The lowest BCUT2D eigenvalue weighted by atomic mass is 9.98. The number of para-hydroxylation sites is 2. The number of aromatic nitrogens is 2. The van der Waals surface area contributed by atoms with Crippen molar-refractivity contribution < 1.29 is 23.5 Å². The number of likely N-dealkylation sites (tertiary alicyclic amines) is 1. The van der Waals surface area contributed by atoms with E-state index in [1.54, 1.807) is 37.3 Å². The van der Waals surface area contributed by atoms with Gasteiger partial charge in [-0.15, -0.1) is 0 Å². The van der Waals surface area contributed by atoms with Gasteiger partial charge in [-0.3, -0.25) is 4.79 Å². The molecule has 0 spiro atoms. The molecule has 0 atom stereocenters. The Morgan fingerprint density at radius 3 is 2.45 bits per heavy atom. The standard InChI is InChI=1S/C21H21N3O5/c1-26-16-9-5-4-7-14(16)19-22-20(29-23-19)13-11-24(12-13)21(25)15-8-6-10-17(27-2)18(15)28-3/h4-10,13H,11-12H2,1-3H3. The Hall–Kier alpha value is -3.55. The lowest BCUT2D eigenvalue weighted by molar-refractivity contribution is 0.0565. The van der Waals surface area contributed by atoms with Gasteiger partial charge in [0.15, 0.2) is 11.5 Å². The van der Waals surface area contributed by atoms with Crippen LogP contribution in [-0.2, 0) is 0 Å². The number of carbonyl (C=O) groups is 1. The number of hydrogen-bond donors (Lipinski definition) is 0. The van der Waals surface area contributed by atoms with Gasteiger partial charge in [0, 0.05) is 13.1 Å². The minimum atomic E-state index is -0.124. The molecular weight excluding hydrogens is 374 g/mol. The molecule has 0 aliphatic carbocycles. The Kier molecular flexibility index (Phi) is 5.07. The molecule has 0 unspecified atom stereocenters. The van der Waals surface area contributed by atoms with E-state index in [-0.39, 0.29) is 11.8 Å². The Labute approximate surface area is 168 Å². The van der Waals surface area contributed by atoms with Crippen molar-refractivity contribution in [2.75, 3.05) is 34.4 Å². The Balaban J connectivity index is 1.47. The molecule has 1 aromatic heterocycles. The summed E-state index contributed by atoms with van der Waals surface area (Å²) >= 11 is 0. The molecule has 2 heterocycles. The highest BCUT2D eigenvalue weighted by Crippen LogP contribution is 2.35. The fourth-order valence-corrected chi connectivity index (χ4v) is 3.37. The molecule has 2 aromatic carbocycles. The van der Waals surface area contributed by atoms with Gasteiger partial charge in [-0.25, -0.2) is 0 Å². The molecule has 150 valence electrons. The van der Waals surface area contributed by atoms with E-state index in [2.05, 4.69) is 10.1 Å². The van der Waals surface area contributed by atoms with Crippen LogP contribution < -0.4 is 14.2 Å². The lowest BCUT2D eigenvalue weighted by Crippen LogP contribution is -2.48. The molecule has 0 saturated carbocycles.